The molecular formula is C15H24N2O3. The van der Waals surface area contributed by atoms with Crippen LogP contribution in [0.2, 0.25) is 0 Å². The second kappa shape index (κ2) is 6.70. The molecule has 20 heavy (non-hydrogen) atoms. The maximum atomic E-state index is 10.9. The van der Waals surface area contributed by atoms with Crippen LogP contribution in [0.4, 0.5) is 5.69 Å². The topological polar surface area (TPSA) is 64.4 Å². The van der Waals surface area contributed by atoms with Crippen molar-refractivity contribution in [3.63, 3.8) is 0 Å². The van der Waals surface area contributed by atoms with Crippen molar-refractivity contribution < 1.29 is 9.66 Å². The Morgan fingerprint density at radius 3 is 2.45 bits per heavy atom. The molecule has 0 aromatic heterocycles. The summed E-state index contributed by atoms with van der Waals surface area (Å²) in [6, 6.07) is 3.31. The molecule has 1 aromatic rings. The van der Waals surface area contributed by atoms with Crippen molar-refractivity contribution in [2.24, 2.45) is 0 Å². The fourth-order valence-corrected chi connectivity index (χ4v) is 1.89. The number of benzene rings is 1. The fourth-order valence-electron chi connectivity index (χ4n) is 1.89. The minimum absolute atomic E-state index is 0.0958. The molecule has 0 radical (unpaired) electrons. The van der Waals surface area contributed by atoms with Gasteiger partial charge in [-0.2, -0.15) is 0 Å². The zero-order valence-electron chi connectivity index (χ0n) is 12.9. The largest absolute Gasteiger partial charge is 0.493 e. The Labute approximate surface area is 120 Å². The van der Waals surface area contributed by atoms with Crippen molar-refractivity contribution in [2.45, 2.75) is 46.6 Å². The van der Waals surface area contributed by atoms with Crippen LogP contribution < -0.4 is 10.1 Å². The van der Waals surface area contributed by atoms with Crippen LogP contribution in [-0.2, 0) is 0 Å². The Bertz CT molecular complexity index is 479. The van der Waals surface area contributed by atoms with Crippen LogP contribution in [0.3, 0.4) is 0 Å². The Morgan fingerprint density at radius 2 is 1.90 bits per heavy atom. The van der Waals surface area contributed by atoms with Crippen molar-refractivity contribution in [1.29, 1.82) is 0 Å². The number of rotatable bonds is 6. The normalized spacial score (nSPS) is 11.4. The van der Waals surface area contributed by atoms with Gasteiger partial charge in [0.15, 0.2) is 0 Å². The molecule has 112 valence electrons. The van der Waals surface area contributed by atoms with Gasteiger partial charge in [-0.15, -0.1) is 0 Å². The minimum Gasteiger partial charge on any atom is -0.493 e. The molecule has 0 aliphatic heterocycles. The smallest absolute Gasteiger partial charge is 0.276 e. The lowest BCUT2D eigenvalue weighted by Crippen LogP contribution is -2.36. The molecule has 1 rings (SSSR count). The highest BCUT2D eigenvalue weighted by Gasteiger charge is 2.14. The summed E-state index contributed by atoms with van der Waals surface area (Å²) in [6.07, 6.45) is 0.860. The van der Waals surface area contributed by atoms with Gasteiger partial charge in [0.2, 0.25) is 0 Å². The van der Waals surface area contributed by atoms with E-state index in [0.29, 0.717) is 17.9 Å². The number of nitrogens with one attached hydrogen (secondary N) is 1. The van der Waals surface area contributed by atoms with Gasteiger partial charge in [0.1, 0.15) is 5.75 Å². The third kappa shape index (κ3) is 5.17. The molecule has 0 spiro atoms. The summed E-state index contributed by atoms with van der Waals surface area (Å²) in [5.41, 5.74) is 1.79. The molecule has 0 aliphatic rings. The highest BCUT2D eigenvalue weighted by molar-refractivity contribution is 5.49. The number of nitro groups is 1. The summed E-state index contributed by atoms with van der Waals surface area (Å²) in [5.74, 6) is 0.595. The first-order valence-electron chi connectivity index (χ1n) is 6.84. The van der Waals surface area contributed by atoms with Crippen LogP contribution in [0.15, 0.2) is 12.1 Å². The van der Waals surface area contributed by atoms with E-state index in [0.717, 1.165) is 18.5 Å². The first-order valence-corrected chi connectivity index (χ1v) is 6.84. The summed E-state index contributed by atoms with van der Waals surface area (Å²) in [5, 5.41) is 14.3. The second-order valence-corrected chi connectivity index (χ2v) is 6.04. The van der Waals surface area contributed by atoms with Crippen LogP contribution in [0, 0.1) is 24.0 Å². The van der Waals surface area contributed by atoms with E-state index < -0.39 is 0 Å². The fraction of sp³-hybridized carbons (Fsp3) is 0.600. The van der Waals surface area contributed by atoms with Crippen molar-refractivity contribution in [1.82, 2.24) is 5.32 Å². The molecule has 0 saturated carbocycles. The molecule has 0 bridgehead atoms. The molecule has 5 heteroatoms. The standard InChI is InChI=1S/C15H24N2O3/c1-11-9-12(2)14(10-13(11)17(18)19)20-8-6-7-16-15(3,4)5/h9-10,16H,6-8H2,1-5H3. The van der Waals surface area contributed by atoms with Gasteiger partial charge in [0.05, 0.1) is 17.6 Å². The highest BCUT2D eigenvalue weighted by atomic mass is 16.6. The van der Waals surface area contributed by atoms with Gasteiger partial charge >= 0.3 is 0 Å². The molecule has 5 nitrogen and oxygen atoms in total. The summed E-state index contributed by atoms with van der Waals surface area (Å²) in [6.45, 7) is 11.4. The van der Waals surface area contributed by atoms with Gasteiger partial charge in [-0.25, -0.2) is 0 Å². The highest BCUT2D eigenvalue weighted by Crippen LogP contribution is 2.28. The Kier molecular flexibility index (Phi) is 5.51. The molecule has 0 fully saturated rings. The van der Waals surface area contributed by atoms with Crippen molar-refractivity contribution >= 4 is 5.69 Å². The van der Waals surface area contributed by atoms with Crippen molar-refractivity contribution in [3.05, 3.63) is 33.4 Å². The summed E-state index contributed by atoms with van der Waals surface area (Å²) in [7, 11) is 0. The van der Waals surface area contributed by atoms with Crippen LogP contribution >= 0.6 is 0 Å². The van der Waals surface area contributed by atoms with Crippen LogP contribution in [0.5, 0.6) is 5.75 Å². The van der Waals surface area contributed by atoms with Gasteiger partial charge in [-0.05, 0) is 59.2 Å². The van der Waals surface area contributed by atoms with E-state index >= 15 is 0 Å². The lowest BCUT2D eigenvalue weighted by Gasteiger charge is -2.20. The predicted octanol–water partition coefficient (Wildman–Crippen LogP) is 3.37. The SMILES string of the molecule is Cc1cc(C)c([N+](=O)[O-])cc1OCCCNC(C)(C)C. The molecule has 0 aliphatic carbocycles. The monoisotopic (exact) mass is 280 g/mol. The average Bonchev–Trinajstić information content (AvgIpc) is 2.29. The zero-order valence-corrected chi connectivity index (χ0v) is 12.9. The number of nitrogens with zero attached hydrogens (tertiary/aromatic N) is 1. The number of aryl methyl sites for hydroxylation is 2. The van der Waals surface area contributed by atoms with Gasteiger partial charge in [-0.3, -0.25) is 10.1 Å². The first-order chi connectivity index (χ1) is 9.20. The van der Waals surface area contributed by atoms with E-state index in [1.165, 1.54) is 6.07 Å². The van der Waals surface area contributed by atoms with Gasteiger partial charge in [0, 0.05) is 11.1 Å². The van der Waals surface area contributed by atoms with Gasteiger partial charge in [0.25, 0.3) is 5.69 Å². The molecular weight excluding hydrogens is 256 g/mol. The number of nitro benzene ring substituents is 1. The number of hydrogen-bond acceptors (Lipinski definition) is 4. The van der Waals surface area contributed by atoms with E-state index in [1.54, 1.807) is 13.0 Å². The summed E-state index contributed by atoms with van der Waals surface area (Å²) < 4.78 is 5.65. The summed E-state index contributed by atoms with van der Waals surface area (Å²) >= 11 is 0. The molecule has 0 atom stereocenters. The summed E-state index contributed by atoms with van der Waals surface area (Å²) in [4.78, 5) is 10.5. The van der Waals surface area contributed by atoms with Gasteiger partial charge in [-0.1, -0.05) is 0 Å². The van der Waals surface area contributed by atoms with Crippen LogP contribution in [0.25, 0.3) is 0 Å². The zero-order chi connectivity index (χ0) is 15.3. The van der Waals surface area contributed by atoms with Crippen LogP contribution in [-0.4, -0.2) is 23.6 Å². The molecule has 0 amide bonds. The third-order valence-electron chi connectivity index (χ3n) is 2.92. The average molecular weight is 280 g/mol. The Morgan fingerprint density at radius 1 is 1.25 bits per heavy atom. The maximum absolute atomic E-state index is 10.9. The molecule has 1 N–H and O–H groups in total. The van der Waals surface area contributed by atoms with Crippen molar-refractivity contribution in [2.75, 3.05) is 13.2 Å². The Balaban J connectivity index is 2.56. The molecule has 0 unspecified atom stereocenters. The number of ether oxygens (including phenoxy) is 1. The second-order valence-electron chi connectivity index (χ2n) is 6.04. The maximum Gasteiger partial charge on any atom is 0.276 e. The number of hydrogen-bond donors (Lipinski definition) is 1. The van der Waals surface area contributed by atoms with E-state index in [1.807, 2.05) is 6.92 Å². The third-order valence-corrected chi connectivity index (χ3v) is 2.92. The van der Waals surface area contributed by atoms with E-state index in [4.69, 9.17) is 4.74 Å². The van der Waals surface area contributed by atoms with Crippen molar-refractivity contribution in [3.8, 4) is 5.75 Å². The Hall–Kier alpha value is -1.62. The predicted molar refractivity (Wildman–Crippen MR) is 80.4 cm³/mol. The lowest BCUT2D eigenvalue weighted by atomic mass is 10.1. The van der Waals surface area contributed by atoms with Crippen LogP contribution in [0.1, 0.15) is 38.3 Å². The minimum atomic E-state index is -0.372. The van der Waals surface area contributed by atoms with E-state index in [-0.39, 0.29) is 16.1 Å². The van der Waals surface area contributed by atoms with E-state index in [9.17, 15) is 10.1 Å². The quantitative estimate of drug-likeness (QED) is 0.493. The van der Waals surface area contributed by atoms with Gasteiger partial charge < -0.3 is 10.1 Å². The lowest BCUT2D eigenvalue weighted by molar-refractivity contribution is -0.385. The first kappa shape index (κ1) is 16.4. The molecule has 0 saturated heterocycles. The molecule has 0 heterocycles. The molecule has 1 aromatic carbocycles. The van der Waals surface area contributed by atoms with E-state index in [2.05, 4.69) is 26.1 Å².